The Kier molecular flexibility index (Phi) is 5.19. The normalized spacial score (nSPS) is 12.0. The van der Waals surface area contributed by atoms with E-state index < -0.39 is 4.92 Å². The van der Waals surface area contributed by atoms with Crippen LogP contribution in [0.5, 0.6) is 5.75 Å². The van der Waals surface area contributed by atoms with Gasteiger partial charge >= 0.3 is 0 Å². The van der Waals surface area contributed by atoms with Gasteiger partial charge < -0.3 is 10.2 Å². The molecular weight excluding hydrogens is 290 g/mol. The quantitative estimate of drug-likeness (QED) is 0.487. The molecular formula is C15H15NO4S. The summed E-state index contributed by atoms with van der Waals surface area (Å²) in [4.78, 5) is 11.3. The van der Waals surface area contributed by atoms with Crippen molar-refractivity contribution in [2.45, 2.75) is 16.6 Å². The van der Waals surface area contributed by atoms with Crippen LogP contribution in [0.2, 0.25) is 0 Å². The van der Waals surface area contributed by atoms with Gasteiger partial charge in [-0.2, -0.15) is 0 Å². The summed E-state index contributed by atoms with van der Waals surface area (Å²) < 4.78 is 0. The van der Waals surface area contributed by atoms with Crippen molar-refractivity contribution in [3.63, 3.8) is 0 Å². The summed E-state index contributed by atoms with van der Waals surface area (Å²) in [6, 6.07) is 13.5. The Bertz CT molecular complexity index is 618. The minimum absolute atomic E-state index is 0.00714. The summed E-state index contributed by atoms with van der Waals surface area (Å²) in [7, 11) is 0. The zero-order valence-electron chi connectivity index (χ0n) is 11.2. The first-order valence-electron chi connectivity index (χ1n) is 6.39. The topological polar surface area (TPSA) is 83.6 Å². The second-order valence-electron chi connectivity index (χ2n) is 4.51. The number of nitro groups is 1. The highest BCUT2D eigenvalue weighted by Crippen LogP contribution is 2.30. The molecule has 0 fully saturated rings. The van der Waals surface area contributed by atoms with Crippen molar-refractivity contribution in [2.75, 3.05) is 6.61 Å². The van der Waals surface area contributed by atoms with Crippen molar-refractivity contribution in [3.05, 3.63) is 64.2 Å². The first kappa shape index (κ1) is 15.3. The lowest BCUT2D eigenvalue weighted by molar-refractivity contribution is -0.384. The molecule has 2 aromatic rings. The first-order valence-corrected chi connectivity index (χ1v) is 7.27. The van der Waals surface area contributed by atoms with Gasteiger partial charge in [-0.3, -0.25) is 10.1 Å². The molecule has 0 aliphatic heterocycles. The number of phenolic OH excluding ortho intramolecular Hbond substituents is 1. The third-order valence-electron chi connectivity index (χ3n) is 2.97. The molecule has 0 spiro atoms. The van der Waals surface area contributed by atoms with Gasteiger partial charge in [0, 0.05) is 27.8 Å². The van der Waals surface area contributed by atoms with Gasteiger partial charge in [-0.1, -0.05) is 18.2 Å². The number of hydrogen-bond donors (Lipinski definition) is 2. The van der Waals surface area contributed by atoms with Crippen LogP contribution < -0.4 is 0 Å². The van der Waals surface area contributed by atoms with E-state index in [1.165, 1.54) is 30.0 Å². The average molecular weight is 305 g/mol. The Morgan fingerprint density at radius 3 is 2.52 bits per heavy atom. The van der Waals surface area contributed by atoms with Crippen LogP contribution in [0, 0.1) is 10.1 Å². The number of nitro benzene ring substituents is 1. The lowest BCUT2D eigenvalue weighted by Crippen LogP contribution is -2.12. The second-order valence-corrected chi connectivity index (χ2v) is 5.88. The highest BCUT2D eigenvalue weighted by atomic mass is 32.2. The fourth-order valence-corrected chi connectivity index (χ4v) is 2.97. The summed E-state index contributed by atoms with van der Waals surface area (Å²) in [6.07, 6.45) is 0.351. The molecule has 0 radical (unpaired) electrons. The lowest BCUT2D eigenvalue weighted by atomic mass is 10.1. The molecule has 5 nitrogen and oxygen atoms in total. The standard InChI is InChI=1S/C15H15NO4S/c17-10-14(21-13-4-2-1-3-5-13)9-11-8-12(16(19)20)6-7-15(11)18/h1-8,14,17-18H,9-10H2. The molecule has 0 aliphatic rings. The number of benzene rings is 2. The molecule has 0 bridgehead atoms. The van der Waals surface area contributed by atoms with Crippen molar-refractivity contribution in [1.82, 2.24) is 0 Å². The molecule has 0 saturated carbocycles. The van der Waals surface area contributed by atoms with E-state index in [1.54, 1.807) is 0 Å². The van der Waals surface area contributed by atoms with E-state index in [-0.39, 0.29) is 23.3 Å². The molecule has 1 unspecified atom stereocenters. The van der Waals surface area contributed by atoms with Gasteiger partial charge in [0.2, 0.25) is 0 Å². The molecule has 0 heterocycles. The number of aliphatic hydroxyl groups excluding tert-OH is 1. The van der Waals surface area contributed by atoms with Gasteiger partial charge in [0.25, 0.3) is 5.69 Å². The molecule has 0 saturated heterocycles. The van der Waals surface area contributed by atoms with E-state index in [2.05, 4.69) is 0 Å². The smallest absolute Gasteiger partial charge is 0.269 e. The minimum atomic E-state index is -0.499. The van der Waals surface area contributed by atoms with Gasteiger partial charge in [-0.25, -0.2) is 0 Å². The molecule has 1 atom stereocenters. The van der Waals surface area contributed by atoms with Crippen molar-refractivity contribution in [2.24, 2.45) is 0 Å². The highest BCUT2D eigenvalue weighted by molar-refractivity contribution is 8.00. The molecule has 110 valence electrons. The van der Waals surface area contributed by atoms with E-state index >= 15 is 0 Å². The SMILES string of the molecule is O=[N+]([O-])c1ccc(O)c(CC(CO)Sc2ccccc2)c1. The number of phenols is 1. The molecule has 2 aromatic carbocycles. The number of nitrogens with zero attached hydrogens (tertiary/aromatic N) is 1. The average Bonchev–Trinajstić information content (AvgIpc) is 2.49. The summed E-state index contributed by atoms with van der Waals surface area (Å²) in [6.45, 7) is -0.0817. The fraction of sp³-hybridized carbons (Fsp3) is 0.200. The Hall–Kier alpha value is -2.05. The fourth-order valence-electron chi connectivity index (χ4n) is 1.93. The van der Waals surface area contributed by atoms with Gasteiger partial charge in [-0.15, -0.1) is 11.8 Å². The van der Waals surface area contributed by atoms with Gasteiger partial charge in [0.15, 0.2) is 0 Å². The van der Waals surface area contributed by atoms with Crippen LogP contribution in [-0.4, -0.2) is 27.0 Å². The van der Waals surface area contributed by atoms with Crippen LogP contribution in [0.1, 0.15) is 5.56 Å². The monoisotopic (exact) mass is 305 g/mol. The molecule has 0 aliphatic carbocycles. The van der Waals surface area contributed by atoms with Crippen molar-refractivity contribution >= 4 is 17.4 Å². The molecule has 2 N–H and O–H groups in total. The maximum atomic E-state index is 10.8. The summed E-state index contributed by atoms with van der Waals surface area (Å²) in [5.41, 5.74) is 0.399. The van der Waals surface area contributed by atoms with E-state index in [0.717, 1.165) is 4.90 Å². The van der Waals surface area contributed by atoms with Crippen LogP contribution in [-0.2, 0) is 6.42 Å². The van der Waals surface area contributed by atoms with Crippen LogP contribution >= 0.6 is 11.8 Å². The molecule has 6 heteroatoms. The Balaban J connectivity index is 2.14. The minimum Gasteiger partial charge on any atom is -0.508 e. The molecule has 0 aromatic heterocycles. The Morgan fingerprint density at radius 1 is 1.19 bits per heavy atom. The van der Waals surface area contributed by atoms with Crippen LogP contribution in [0.25, 0.3) is 0 Å². The number of rotatable bonds is 6. The van der Waals surface area contributed by atoms with Crippen LogP contribution in [0.15, 0.2) is 53.4 Å². The highest BCUT2D eigenvalue weighted by Gasteiger charge is 2.16. The maximum absolute atomic E-state index is 10.8. The summed E-state index contributed by atoms with van der Waals surface area (Å²) >= 11 is 1.48. The largest absolute Gasteiger partial charge is 0.508 e. The second kappa shape index (κ2) is 7.10. The molecule has 21 heavy (non-hydrogen) atoms. The number of non-ortho nitro benzene ring substituents is 1. The third-order valence-corrected chi connectivity index (χ3v) is 4.16. The zero-order valence-corrected chi connectivity index (χ0v) is 12.0. The third kappa shape index (κ3) is 4.21. The van der Waals surface area contributed by atoms with E-state index in [1.807, 2.05) is 30.3 Å². The van der Waals surface area contributed by atoms with Crippen LogP contribution in [0.3, 0.4) is 0 Å². The molecule has 0 amide bonds. The predicted molar refractivity (Wildman–Crippen MR) is 81.6 cm³/mol. The van der Waals surface area contributed by atoms with Gasteiger partial charge in [-0.05, 0) is 24.6 Å². The number of hydrogen-bond acceptors (Lipinski definition) is 5. The Morgan fingerprint density at radius 2 is 1.90 bits per heavy atom. The Labute approximate surface area is 126 Å². The van der Waals surface area contributed by atoms with Crippen LogP contribution in [0.4, 0.5) is 5.69 Å². The van der Waals surface area contributed by atoms with Crippen molar-refractivity contribution in [3.8, 4) is 5.75 Å². The predicted octanol–water partition coefficient (Wildman–Crippen LogP) is 3.00. The van der Waals surface area contributed by atoms with Gasteiger partial charge in [0.05, 0.1) is 11.5 Å². The van der Waals surface area contributed by atoms with E-state index in [9.17, 15) is 20.3 Å². The van der Waals surface area contributed by atoms with E-state index in [0.29, 0.717) is 12.0 Å². The summed E-state index contributed by atoms with van der Waals surface area (Å²) in [5.74, 6) is 0.00714. The zero-order chi connectivity index (χ0) is 15.2. The number of aromatic hydroxyl groups is 1. The number of aliphatic hydroxyl groups is 1. The number of thioether (sulfide) groups is 1. The lowest BCUT2D eigenvalue weighted by Gasteiger charge is -2.14. The van der Waals surface area contributed by atoms with Crippen molar-refractivity contribution < 1.29 is 15.1 Å². The maximum Gasteiger partial charge on any atom is 0.269 e. The first-order chi connectivity index (χ1) is 10.1. The van der Waals surface area contributed by atoms with Crippen molar-refractivity contribution in [1.29, 1.82) is 0 Å². The van der Waals surface area contributed by atoms with Gasteiger partial charge in [0.1, 0.15) is 5.75 Å². The van der Waals surface area contributed by atoms with E-state index in [4.69, 9.17) is 0 Å². The molecule has 2 rings (SSSR count). The summed E-state index contributed by atoms with van der Waals surface area (Å²) in [5, 5.41) is 29.9.